The molecule has 3 aromatic rings. The summed E-state index contributed by atoms with van der Waals surface area (Å²) in [7, 11) is 0. The third kappa shape index (κ3) is 5.45. The molecule has 0 saturated heterocycles. The fourth-order valence-electron chi connectivity index (χ4n) is 2.69. The summed E-state index contributed by atoms with van der Waals surface area (Å²) in [4.78, 5) is 19.5. The van der Waals surface area contributed by atoms with Crippen LogP contribution in [0.2, 0.25) is 0 Å². The Hall–Kier alpha value is -2.65. The lowest BCUT2D eigenvalue weighted by molar-refractivity contribution is -0.0498. The van der Waals surface area contributed by atoms with E-state index in [9.17, 15) is 13.6 Å². The molecule has 2 aromatic carbocycles. The van der Waals surface area contributed by atoms with Gasteiger partial charge < -0.3 is 9.64 Å². The highest BCUT2D eigenvalue weighted by molar-refractivity contribution is 7.97. The Balaban J connectivity index is 1.95. The van der Waals surface area contributed by atoms with Crippen LogP contribution in [0.4, 0.5) is 19.6 Å². The first-order valence-electron chi connectivity index (χ1n) is 8.65. The molecule has 0 aliphatic carbocycles. The number of rotatable bonds is 8. The highest BCUT2D eigenvalue weighted by atomic mass is 32.2. The van der Waals surface area contributed by atoms with Crippen molar-refractivity contribution in [2.45, 2.75) is 20.1 Å². The van der Waals surface area contributed by atoms with E-state index >= 15 is 0 Å². The topological polar surface area (TPSA) is 54.5 Å². The highest BCUT2D eigenvalue weighted by Crippen LogP contribution is 2.34. The van der Waals surface area contributed by atoms with Gasteiger partial charge in [-0.1, -0.05) is 42.3 Å². The van der Waals surface area contributed by atoms with Crippen LogP contribution in [-0.4, -0.2) is 23.8 Å². The Morgan fingerprint density at radius 1 is 1.21 bits per heavy atom. The molecule has 0 aliphatic heterocycles. The summed E-state index contributed by atoms with van der Waals surface area (Å²) in [5.41, 5.74) is 2.17. The monoisotopic (exact) mass is 435 g/mol. The number of hydrogen-bond donors (Lipinski definition) is 1. The molecule has 0 saturated carbocycles. The van der Waals surface area contributed by atoms with Gasteiger partial charge in [0.1, 0.15) is 11.4 Å². The van der Waals surface area contributed by atoms with Gasteiger partial charge in [0.25, 0.3) is 5.91 Å². The molecule has 0 radical (unpaired) electrons. The first-order chi connectivity index (χ1) is 14.0. The van der Waals surface area contributed by atoms with Gasteiger partial charge in [-0.3, -0.25) is 9.52 Å². The first kappa shape index (κ1) is 21.1. The van der Waals surface area contributed by atoms with E-state index in [1.165, 1.54) is 35.4 Å². The van der Waals surface area contributed by atoms with E-state index in [2.05, 4.69) is 14.4 Å². The maximum absolute atomic E-state index is 12.4. The number of nitrogens with one attached hydrogen (secondary N) is 1. The normalized spacial score (nSPS) is 10.8. The molecule has 0 unspecified atom stereocenters. The largest absolute Gasteiger partial charge is 0.435 e. The lowest BCUT2D eigenvalue weighted by Crippen LogP contribution is -2.19. The highest BCUT2D eigenvalue weighted by Gasteiger charge is 2.20. The Morgan fingerprint density at radius 2 is 1.90 bits per heavy atom. The standard InChI is InChI=1S/C20H19F2N3O2S2/c1-13-17(18(26)24-28-2)23-20(29-13)25(12-14-6-4-3-5-7-14)15-8-10-16(11-9-15)27-19(21)22/h3-11,19H,12H2,1-2H3,(H,24,26). The lowest BCUT2D eigenvalue weighted by Gasteiger charge is -2.22. The van der Waals surface area contributed by atoms with E-state index in [0.717, 1.165) is 16.1 Å². The molecular weight excluding hydrogens is 416 g/mol. The Morgan fingerprint density at radius 3 is 2.52 bits per heavy atom. The Bertz CT molecular complexity index is 950. The average molecular weight is 436 g/mol. The number of aryl methyl sites for hydroxylation is 1. The zero-order valence-electron chi connectivity index (χ0n) is 15.8. The number of ether oxygens (including phenoxy) is 1. The fourth-order valence-corrected chi connectivity index (χ4v) is 3.90. The lowest BCUT2D eigenvalue weighted by atomic mass is 10.2. The molecule has 1 aromatic heterocycles. The van der Waals surface area contributed by atoms with Crippen LogP contribution in [-0.2, 0) is 6.54 Å². The minimum absolute atomic E-state index is 0.0822. The van der Waals surface area contributed by atoms with Crippen molar-refractivity contribution in [3.05, 3.63) is 70.7 Å². The number of amides is 1. The SMILES string of the molecule is CSNC(=O)c1nc(N(Cc2ccccc2)c2ccc(OC(F)F)cc2)sc1C. The molecule has 0 spiro atoms. The summed E-state index contributed by atoms with van der Waals surface area (Å²) in [6.07, 6.45) is 1.77. The third-order valence-corrected chi connectivity index (χ3v) is 5.37. The third-order valence-electron chi connectivity index (χ3n) is 3.98. The first-order valence-corrected chi connectivity index (χ1v) is 10.7. The minimum atomic E-state index is -2.87. The van der Waals surface area contributed by atoms with Gasteiger partial charge in [-0.05, 0) is 36.8 Å². The van der Waals surface area contributed by atoms with Gasteiger partial charge >= 0.3 is 6.61 Å². The number of hydrogen-bond acceptors (Lipinski definition) is 6. The van der Waals surface area contributed by atoms with Gasteiger partial charge in [0, 0.05) is 16.8 Å². The number of nitrogens with zero attached hydrogens (tertiary/aromatic N) is 2. The summed E-state index contributed by atoms with van der Waals surface area (Å²) < 4.78 is 32.0. The van der Waals surface area contributed by atoms with Crippen molar-refractivity contribution in [2.24, 2.45) is 0 Å². The van der Waals surface area contributed by atoms with Gasteiger partial charge in [0.2, 0.25) is 0 Å². The minimum Gasteiger partial charge on any atom is -0.435 e. The van der Waals surface area contributed by atoms with E-state index in [4.69, 9.17) is 0 Å². The summed E-state index contributed by atoms with van der Waals surface area (Å²) in [5, 5.41) is 0.639. The van der Waals surface area contributed by atoms with Crippen LogP contribution in [0.3, 0.4) is 0 Å². The van der Waals surface area contributed by atoms with Crippen LogP contribution in [0, 0.1) is 6.92 Å². The van der Waals surface area contributed by atoms with Gasteiger partial charge in [-0.25, -0.2) is 4.98 Å². The number of aromatic nitrogens is 1. The van der Waals surface area contributed by atoms with Crippen LogP contribution in [0.1, 0.15) is 20.9 Å². The van der Waals surface area contributed by atoms with Crippen LogP contribution in [0.5, 0.6) is 5.75 Å². The number of alkyl halides is 2. The van der Waals surface area contributed by atoms with Crippen molar-refractivity contribution < 1.29 is 18.3 Å². The Labute approximate surface area is 175 Å². The molecule has 152 valence electrons. The molecule has 5 nitrogen and oxygen atoms in total. The molecule has 29 heavy (non-hydrogen) atoms. The average Bonchev–Trinajstić information content (AvgIpc) is 3.09. The number of anilines is 2. The van der Waals surface area contributed by atoms with E-state index in [1.54, 1.807) is 18.4 Å². The number of carbonyl (C=O) groups excluding carboxylic acids is 1. The van der Waals surface area contributed by atoms with Gasteiger partial charge in [-0.2, -0.15) is 8.78 Å². The zero-order chi connectivity index (χ0) is 20.8. The number of carbonyl (C=O) groups is 1. The van der Waals surface area contributed by atoms with Crippen molar-refractivity contribution in [2.75, 3.05) is 11.2 Å². The molecule has 9 heteroatoms. The smallest absolute Gasteiger partial charge is 0.387 e. The van der Waals surface area contributed by atoms with Crippen LogP contribution in [0.25, 0.3) is 0 Å². The molecular formula is C20H19F2N3O2S2. The quantitative estimate of drug-likeness (QED) is 0.480. The molecule has 0 aliphatic rings. The van der Waals surface area contributed by atoms with E-state index in [-0.39, 0.29) is 11.7 Å². The summed E-state index contributed by atoms with van der Waals surface area (Å²) >= 11 is 2.61. The van der Waals surface area contributed by atoms with Crippen molar-refractivity contribution in [3.8, 4) is 5.75 Å². The predicted octanol–water partition coefficient (Wildman–Crippen LogP) is 5.40. The molecule has 1 heterocycles. The predicted molar refractivity (Wildman–Crippen MR) is 113 cm³/mol. The molecule has 0 fully saturated rings. The summed E-state index contributed by atoms with van der Waals surface area (Å²) in [6.45, 7) is -0.524. The molecule has 1 N–H and O–H groups in total. The van der Waals surface area contributed by atoms with Crippen LogP contribution >= 0.6 is 23.3 Å². The van der Waals surface area contributed by atoms with Crippen molar-refractivity contribution in [1.82, 2.24) is 9.71 Å². The second-order valence-corrected chi connectivity index (χ2v) is 7.77. The fraction of sp³-hybridized carbons (Fsp3) is 0.200. The molecule has 1 amide bonds. The van der Waals surface area contributed by atoms with Crippen molar-refractivity contribution >= 4 is 40.0 Å². The zero-order valence-corrected chi connectivity index (χ0v) is 17.4. The van der Waals surface area contributed by atoms with Gasteiger partial charge in [-0.15, -0.1) is 11.3 Å². The molecule has 3 rings (SSSR count). The number of thiazole rings is 1. The summed E-state index contributed by atoms with van der Waals surface area (Å²) in [6, 6.07) is 16.2. The molecule has 0 atom stereocenters. The second kappa shape index (κ2) is 9.71. The van der Waals surface area contributed by atoms with E-state index < -0.39 is 6.61 Å². The van der Waals surface area contributed by atoms with Crippen LogP contribution in [0.15, 0.2) is 54.6 Å². The second-order valence-electron chi connectivity index (χ2n) is 5.98. The van der Waals surface area contributed by atoms with Gasteiger partial charge in [0.05, 0.1) is 6.54 Å². The summed E-state index contributed by atoms with van der Waals surface area (Å²) in [5.74, 6) is -0.170. The van der Waals surface area contributed by atoms with Crippen molar-refractivity contribution in [3.63, 3.8) is 0 Å². The van der Waals surface area contributed by atoms with E-state index in [0.29, 0.717) is 17.4 Å². The van der Waals surface area contributed by atoms with Gasteiger partial charge in [0.15, 0.2) is 5.13 Å². The maximum Gasteiger partial charge on any atom is 0.387 e. The number of benzene rings is 2. The van der Waals surface area contributed by atoms with Crippen molar-refractivity contribution in [1.29, 1.82) is 0 Å². The number of halogens is 2. The van der Waals surface area contributed by atoms with Crippen LogP contribution < -0.4 is 14.4 Å². The Kier molecular flexibility index (Phi) is 7.05. The molecule has 0 bridgehead atoms. The maximum atomic E-state index is 12.4. The van der Waals surface area contributed by atoms with E-state index in [1.807, 2.05) is 42.2 Å².